The Bertz CT molecular complexity index is 704. The first kappa shape index (κ1) is 17.5. The fourth-order valence-corrected chi connectivity index (χ4v) is 4.15. The Balaban J connectivity index is 2.58. The third-order valence-corrected chi connectivity index (χ3v) is 5.39. The molecule has 0 aliphatic carbocycles. The van der Waals surface area contributed by atoms with Gasteiger partial charge in [-0.1, -0.05) is 0 Å². The first-order chi connectivity index (χ1) is 10.8. The molecule has 1 aromatic carbocycles. The highest BCUT2D eigenvalue weighted by Crippen LogP contribution is 2.32. The third kappa shape index (κ3) is 3.74. The largest absolute Gasteiger partial charge is 0.465 e. The molecule has 1 aliphatic rings. The van der Waals surface area contributed by atoms with E-state index in [0.717, 1.165) is 11.4 Å². The quantitative estimate of drug-likeness (QED) is 0.849. The van der Waals surface area contributed by atoms with E-state index in [4.69, 9.17) is 0 Å². The molecule has 0 spiro atoms. The van der Waals surface area contributed by atoms with Crippen molar-refractivity contribution in [1.29, 1.82) is 0 Å². The summed E-state index contributed by atoms with van der Waals surface area (Å²) in [7, 11) is -2.43. The maximum absolute atomic E-state index is 14.7. The molecular weight excluding hydrogens is 323 g/mol. The van der Waals surface area contributed by atoms with Crippen LogP contribution in [0.25, 0.3) is 0 Å². The lowest BCUT2D eigenvalue weighted by atomic mass is 10.1. The summed E-state index contributed by atoms with van der Waals surface area (Å²) in [6, 6.07) is 2.79. The molecule has 23 heavy (non-hydrogen) atoms. The van der Waals surface area contributed by atoms with Crippen molar-refractivity contribution >= 4 is 27.4 Å². The summed E-state index contributed by atoms with van der Waals surface area (Å²) in [6.07, 6.45) is 1.20. The Morgan fingerprint density at radius 1 is 1.35 bits per heavy atom. The number of carbonyl (C=O) groups is 1. The normalized spacial score (nSPS) is 17.2. The van der Waals surface area contributed by atoms with Gasteiger partial charge in [-0.2, -0.15) is 0 Å². The highest BCUT2D eigenvalue weighted by molar-refractivity contribution is 7.92. The van der Waals surface area contributed by atoms with Crippen molar-refractivity contribution in [2.24, 2.45) is 0 Å². The minimum Gasteiger partial charge on any atom is -0.465 e. The van der Waals surface area contributed by atoms with Crippen LogP contribution in [0.4, 0.5) is 15.8 Å². The molecule has 128 valence electrons. The number of hydrogen-bond acceptors (Lipinski definition) is 5. The number of sulfonamides is 1. The van der Waals surface area contributed by atoms with Gasteiger partial charge in [-0.3, -0.25) is 4.31 Å². The number of methoxy groups -OCH3 is 1. The summed E-state index contributed by atoms with van der Waals surface area (Å²) in [4.78, 5) is 11.8. The standard InChI is InChI=1S/C15H21FN2O4S/c1-10(2)17-11-8-12(15(19)22-3)14(16)13(9-11)18-6-4-5-7-23(18,20)21/h8-10,17H,4-7H2,1-3H3. The van der Waals surface area contributed by atoms with E-state index in [9.17, 15) is 17.6 Å². The number of nitrogens with zero attached hydrogens (tertiary/aromatic N) is 1. The molecule has 1 aliphatic heterocycles. The monoisotopic (exact) mass is 344 g/mol. The number of carbonyl (C=O) groups excluding carboxylic acids is 1. The molecule has 1 N–H and O–H groups in total. The van der Waals surface area contributed by atoms with E-state index in [1.165, 1.54) is 12.1 Å². The molecule has 0 bridgehead atoms. The molecular formula is C15H21FN2O4S. The van der Waals surface area contributed by atoms with E-state index in [2.05, 4.69) is 10.1 Å². The SMILES string of the molecule is COC(=O)c1cc(NC(C)C)cc(N2CCCCS2(=O)=O)c1F. The molecule has 0 saturated carbocycles. The van der Waals surface area contributed by atoms with Crippen molar-refractivity contribution in [2.45, 2.75) is 32.7 Å². The van der Waals surface area contributed by atoms with E-state index in [0.29, 0.717) is 18.5 Å². The smallest absolute Gasteiger partial charge is 0.341 e. The number of ether oxygens (including phenoxy) is 1. The first-order valence-corrected chi connectivity index (χ1v) is 9.06. The molecule has 0 aromatic heterocycles. The van der Waals surface area contributed by atoms with E-state index in [1.807, 2.05) is 13.8 Å². The number of esters is 1. The lowest BCUT2D eigenvalue weighted by Crippen LogP contribution is -2.38. The summed E-state index contributed by atoms with van der Waals surface area (Å²) >= 11 is 0. The average molecular weight is 344 g/mol. The van der Waals surface area contributed by atoms with Crippen molar-refractivity contribution in [3.63, 3.8) is 0 Å². The summed E-state index contributed by atoms with van der Waals surface area (Å²) in [5.74, 6) is -1.75. The Hall–Kier alpha value is -1.83. The molecule has 2 rings (SSSR count). The maximum Gasteiger partial charge on any atom is 0.341 e. The summed E-state index contributed by atoms with van der Waals surface area (Å²) in [6.45, 7) is 3.97. The van der Waals surface area contributed by atoms with Gasteiger partial charge in [0.15, 0.2) is 5.82 Å². The lowest BCUT2D eigenvalue weighted by Gasteiger charge is -2.29. The van der Waals surface area contributed by atoms with Crippen LogP contribution in [0.2, 0.25) is 0 Å². The van der Waals surface area contributed by atoms with Gasteiger partial charge in [-0.15, -0.1) is 0 Å². The minimum atomic E-state index is -3.58. The molecule has 0 radical (unpaired) electrons. The van der Waals surface area contributed by atoms with Crippen molar-refractivity contribution in [2.75, 3.05) is 29.0 Å². The van der Waals surface area contributed by atoms with Gasteiger partial charge in [-0.05, 0) is 38.8 Å². The van der Waals surface area contributed by atoms with E-state index < -0.39 is 21.8 Å². The molecule has 1 aromatic rings. The average Bonchev–Trinajstić information content (AvgIpc) is 2.47. The predicted octanol–water partition coefficient (Wildman–Crippen LogP) is 2.36. The van der Waals surface area contributed by atoms with Crippen molar-refractivity contribution in [3.05, 3.63) is 23.5 Å². The number of hydrogen-bond donors (Lipinski definition) is 1. The Labute approximate surface area is 135 Å². The van der Waals surface area contributed by atoms with Gasteiger partial charge in [0.05, 0.1) is 24.1 Å². The van der Waals surface area contributed by atoms with Crippen molar-refractivity contribution in [3.8, 4) is 0 Å². The van der Waals surface area contributed by atoms with Crippen LogP contribution in [0.5, 0.6) is 0 Å². The van der Waals surface area contributed by atoms with Gasteiger partial charge in [-0.25, -0.2) is 17.6 Å². The Morgan fingerprint density at radius 3 is 2.61 bits per heavy atom. The van der Waals surface area contributed by atoms with Crippen LogP contribution in [0.3, 0.4) is 0 Å². The van der Waals surface area contributed by atoms with Gasteiger partial charge < -0.3 is 10.1 Å². The zero-order chi connectivity index (χ0) is 17.2. The molecule has 1 saturated heterocycles. The van der Waals surface area contributed by atoms with E-state index in [-0.39, 0.29) is 29.6 Å². The van der Waals surface area contributed by atoms with Gasteiger partial charge >= 0.3 is 5.97 Å². The van der Waals surface area contributed by atoms with Gasteiger partial charge in [0.2, 0.25) is 10.0 Å². The van der Waals surface area contributed by atoms with Crippen molar-refractivity contribution < 1.29 is 22.3 Å². The van der Waals surface area contributed by atoms with E-state index >= 15 is 0 Å². The summed E-state index contributed by atoms with van der Waals surface area (Å²) < 4.78 is 44.8. The molecule has 0 amide bonds. The summed E-state index contributed by atoms with van der Waals surface area (Å²) in [5.41, 5.74) is 0.0715. The van der Waals surface area contributed by atoms with Crippen LogP contribution >= 0.6 is 0 Å². The number of halogens is 1. The van der Waals surface area contributed by atoms with Crippen LogP contribution in [-0.4, -0.2) is 39.8 Å². The Morgan fingerprint density at radius 2 is 2.04 bits per heavy atom. The maximum atomic E-state index is 14.7. The zero-order valence-electron chi connectivity index (χ0n) is 13.4. The number of anilines is 2. The second-order valence-corrected chi connectivity index (χ2v) is 7.76. The zero-order valence-corrected chi connectivity index (χ0v) is 14.2. The third-order valence-electron chi connectivity index (χ3n) is 3.53. The number of benzene rings is 1. The fraction of sp³-hybridized carbons (Fsp3) is 0.533. The lowest BCUT2D eigenvalue weighted by molar-refractivity contribution is 0.0595. The number of nitrogens with one attached hydrogen (secondary N) is 1. The minimum absolute atomic E-state index is 0.0260. The second-order valence-electron chi connectivity index (χ2n) is 5.74. The number of rotatable bonds is 4. The van der Waals surface area contributed by atoms with Crippen molar-refractivity contribution in [1.82, 2.24) is 0 Å². The van der Waals surface area contributed by atoms with Gasteiger partial charge in [0, 0.05) is 18.3 Å². The van der Waals surface area contributed by atoms with Gasteiger partial charge in [0.1, 0.15) is 0 Å². The highest BCUT2D eigenvalue weighted by atomic mass is 32.2. The van der Waals surface area contributed by atoms with Crippen LogP contribution in [0.15, 0.2) is 12.1 Å². The van der Waals surface area contributed by atoms with Crippen LogP contribution < -0.4 is 9.62 Å². The molecule has 0 atom stereocenters. The molecule has 1 fully saturated rings. The van der Waals surface area contributed by atoms with Gasteiger partial charge in [0.25, 0.3) is 0 Å². The predicted molar refractivity (Wildman–Crippen MR) is 86.9 cm³/mol. The molecule has 1 heterocycles. The topological polar surface area (TPSA) is 75.7 Å². The van der Waals surface area contributed by atoms with Crippen LogP contribution in [0, 0.1) is 5.82 Å². The summed E-state index contributed by atoms with van der Waals surface area (Å²) in [5, 5.41) is 3.06. The fourth-order valence-electron chi connectivity index (χ4n) is 2.53. The molecule has 0 unspecified atom stereocenters. The molecule has 6 nitrogen and oxygen atoms in total. The first-order valence-electron chi connectivity index (χ1n) is 7.45. The second kappa shape index (κ2) is 6.74. The van der Waals surface area contributed by atoms with Crippen LogP contribution in [0.1, 0.15) is 37.0 Å². The van der Waals surface area contributed by atoms with E-state index in [1.54, 1.807) is 0 Å². The highest BCUT2D eigenvalue weighted by Gasteiger charge is 2.30. The Kier molecular flexibility index (Phi) is 5.13. The van der Waals surface area contributed by atoms with Crippen LogP contribution in [-0.2, 0) is 14.8 Å². The molecule has 8 heteroatoms.